The lowest BCUT2D eigenvalue weighted by atomic mass is 10.2. The van der Waals surface area contributed by atoms with Gasteiger partial charge in [-0.1, -0.05) is 24.3 Å². The standard InChI is InChI=1S/C18H26N4O/c1-2-19-18(22-12-9-17(23)14-22)20-13-15-5-7-16(8-6-15)21-10-3-4-11-21/h3-8,17,23H,2,9-14H2,1H3,(H,19,20)/t17-/m1/s1. The monoisotopic (exact) mass is 314 g/mol. The van der Waals surface area contributed by atoms with Crippen LogP contribution >= 0.6 is 0 Å². The van der Waals surface area contributed by atoms with E-state index in [4.69, 9.17) is 4.99 Å². The predicted molar refractivity (Wildman–Crippen MR) is 94.8 cm³/mol. The van der Waals surface area contributed by atoms with E-state index in [0.29, 0.717) is 13.1 Å². The minimum Gasteiger partial charge on any atom is -0.391 e. The van der Waals surface area contributed by atoms with Gasteiger partial charge in [0.25, 0.3) is 0 Å². The molecule has 1 saturated heterocycles. The van der Waals surface area contributed by atoms with Gasteiger partial charge in [0.05, 0.1) is 12.6 Å². The van der Waals surface area contributed by atoms with Crippen LogP contribution in [0.25, 0.3) is 0 Å². The first-order valence-corrected chi connectivity index (χ1v) is 8.46. The molecule has 5 nitrogen and oxygen atoms in total. The molecule has 1 fully saturated rings. The number of guanidine groups is 1. The van der Waals surface area contributed by atoms with Gasteiger partial charge in [0.2, 0.25) is 0 Å². The first-order valence-electron chi connectivity index (χ1n) is 8.46. The van der Waals surface area contributed by atoms with E-state index in [1.165, 1.54) is 11.3 Å². The molecule has 2 N–H and O–H groups in total. The van der Waals surface area contributed by atoms with Gasteiger partial charge in [-0.3, -0.25) is 0 Å². The highest BCUT2D eigenvalue weighted by atomic mass is 16.3. The number of aliphatic imine (C=N–C) groups is 1. The molecule has 2 heterocycles. The van der Waals surface area contributed by atoms with Crippen LogP contribution in [0.1, 0.15) is 18.9 Å². The molecular weight excluding hydrogens is 288 g/mol. The molecule has 23 heavy (non-hydrogen) atoms. The Labute approximate surface area is 138 Å². The molecule has 0 aromatic heterocycles. The second kappa shape index (κ2) is 7.51. The summed E-state index contributed by atoms with van der Waals surface area (Å²) >= 11 is 0. The fraction of sp³-hybridized carbons (Fsp3) is 0.500. The number of hydrogen-bond acceptors (Lipinski definition) is 3. The number of anilines is 1. The van der Waals surface area contributed by atoms with Gasteiger partial charge in [-0.05, 0) is 31.0 Å². The van der Waals surface area contributed by atoms with Crippen LogP contribution in [0.15, 0.2) is 41.4 Å². The molecule has 0 aliphatic carbocycles. The lowest BCUT2D eigenvalue weighted by Crippen LogP contribution is -2.40. The smallest absolute Gasteiger partial charge is 0.194 e. The number of rotatable bonds is 4. The minimum atomic E-state index is -0.229. The van der Waals surface area contributed by atoms with Gasteiger partial charge in [0.15, 0.2) is 5.96 Å². The van der Waals surface area contributed by atoms with Crippen molar-refractivity contribution in [2.45, 2.75) is 26.0 Å². The molecule has 2 aliphatic heterocycles. The molecule has 1 aromatic carbocycles. The van der Waals surface area contributed by atoms with Crippen LogP contribution in [0.5, 0.6) is 0 Å². The van der Waals surface area contributed by atoms with E-state index in [1.807, 2.05) is 0 Å². The van der Waals surface area contributed by atoms with Crippen molar-refractivity contribution in [1.82, 2.24) is 10.2 Å². The zero-order valence-corrected chi connectivity index (χ0v) is 13.8. The Morgan fingerprint density at radius 3 is 2.61 bits per heavy atom. The highest BCUT2D eigenvalue weighted by molar-refractivity contribution is 5.80. The lowest BCUT2D eigenvalue weighted by Gasteiger charge is -2.21. The first kappa shape index (κ1) is 15.9. The van der Waals surface area contributed by atoms with Crippen molar-refractivity contribution in [3.8, 4) is 0 Å². The Bertz CT molecular complexity index is 559. The second-order valence-electron chi connectivity index (χ2n) is 6.10. The second-order valence-corrected chi connectivity index (χ2v) is 6.10. The summed E-state index contributed by atoms with van der Waals surface area (Å²) in [6.07, 6.45) is 4.99. The summed E-state index contributed by atoms with van der Waals surface area (Å²) in [7, 11) is 0. The number of hydrogen-bond donors (Lipinski definition) is 2. The molecule has 0 saturated carbocycles. The number of benzene rings is 1. The third-order valence-electron chi connectivity index (χ3n) is 4.33. The number of nitrogens with zero attached hydrogens (tertiary/aromatic N) is 3. The molecule has 0 radical (unpaired) electrons. The van der Waals surface area contributed by atoms with Gasteiger partial charge in [-0.25, -0.2) is 4.99 Å². The van der Waals surface area contributed by atoms with Crippen molar-refractivity contribution in [2.24, 2.45) is 4.99 Å². The fourth-order valence-electron chi connectivity index (χ4n) is 3.03. The van der Waals surface area contributed by atoms with Crippen LogP contribution < -0.4 is 10.2 Å². The minimum absolute atomic E-state index is 0.229. The lowest BCUT2D eigenvalue weighted by molar-refractivity contribution is 0.188. The van der Waals surface area contributed by atoms with Gasteiger partial charge in [-0.2, -0.15) is 0 Å². The third-order valence-corrected chi connectivity index (χ3v) is 4.33. The Morgan fingerprint density at radius 2 is 2.00 bits per heavy atom. The molecule has 1 aromatic rings. The zero-order valence-electron chi connectivity index (χ0n) is 13.8. The Kier molecular flexibility index (Phi) is 5.18. The molecular formula is C18H26N4O. The van der Waals surface area contributed by atoms with Crippen LogP contribution in [0.4, 0.5) is 5.69 Å². The molecule has 0 spiro atoms. The topological polar surface area (TPSA) is 51.1 Å². The molecule has 0 bridgehead atoms. The summed E-state index contributed by atoms with van der Waals surface area (Å²) < 4.78 is 0. The maximum atomic E-state index is 9.70. The van der Waals surface area contributed by atoms with E-state index in [1.54, 1.807) is 0 Å². The molecule has 1 atom stereocenters. The molecule has 5 heteroatoms. The van der Waals surface area contributed by atoms with Crippen LogP contribution in [-0.4, -0.2) is 54.8 Å². The summed E-state index contributed by atoms with van der Waals surface area (Å²) in [4.78, 5) is 9.20. The zero-order chi connectivity index (χ0) is 16.1. The summed E-state index contributed by atoms with van der Waals surface area (Å²) in [5.74, 6) is 0.900. The number of aliphatic hydroxyl groups excluding tert-OH is 1. The number of likely N-dealkylation sites (tertiary alicyclic amines) is 1. The first-order chi connectivity index (χ1) is 11.3. The van der Waals surface area contributed by atoms with Crippen molar-refractivity contribution in [3.63, 3.8) is 0 Å². The molecule has 0 amide bonds. The normalized spacial score (nSPS) is 21.3. The van der Waals surface area contributed by atoms with E-state index in [0.717, 1.165) is 38.6 Å². The van der Waals surface area contributed by atoms with E-state index >= 15 is 0 Å². The highest BCUT2D eigenvalue weighted by Crippen LogP contribution is 2.18. The van der Waals surface area contributed by atoms with Crippen LogP contribution in [0.3, 0.4) is 0 Å². The van der Waals surface area contributed by atoms with Crippen molar-refractivity contribution < 1.29 is 5.11 Å². The molecule has 3 rings (SSSR count). The van der Waals surface area contributed by atoms with Crippen LogP contribution in [0.2, 0.25) is 0 Å². The maximum Gasteiger partial charge on any atom is 0.194 e. The van der Waals surface area contributed by atoms with E-state index in [2.05, 4.69) is 58.5 Å². The number of nitrogens with one attached hydrogen (secondary N) is 1. The third kappa shape index (κ3) is 4.05. The predicted octanol–water partition coefficient (Wildman–Crippen LogP) is 1.59. The van der Waals surface area contributed by atoms with Gasteiger partial charge >= 0.3 is 0 Å². The van der Waals surface area contributed by atoms with Crippen molar-refractivity contribution >= 4 is 11.6 Å². The van der Waals surface area contributed by atoms with Gasteiger partial charge in [0, 0.05) is 38.4 Å². The Morgan fingerprint density at radius 1 is 1.26 bits per heavy atom. The number of aliphatic hydroxyl groups is 1. The van der Waals surface area contributed by atoms with Crippen LogP contribution in [0, 0.1) is 0 Å². The summed E-state index contributed by atoms with van der Waals surface area (Å²) in [6, 6.07) is 8.65. The average Bonchev–Trinajstić information content (AvgIpc) is 3.23. The summed E-state index contributed by atoms with van der Waals surface area (Å²) in [5, 5.41) is 13.0. The average molecular weight is 314 g/mol. The van der Waals surface area contributed by atoms with Crippen molar-refractivity contribution in [3.05, 3.63) is 42.0 Å². The quantitative estimate of drug-likeness (QED) is 0.503. The Hall–Kier alpha value is -2.01. The van der Waals surface area contributed by atoms with Gasteiger partial charge < -0.3 is 20.2 Å². The summed E-state index contributed by atoms with van der Waals surface area (Å²) in [5.41, 5.74) is 2.47. The molecule has 0 unspecified atom stereocenters. The van der Waals surface area contributed by atoms with E-state index < -0.39 is 0 Å². The van der Waals surface area contributed by atoms with Crippen LogP contribution in [-0.2, 0) is 6.54 Å². The van der Waals surface area contributed by atoms with Crippen molar-refractivity contribution in [2.75, 3.05) is 37.6 Å². The largest absolute Gasteiger partial charge is 0.391 e. The van der Waals surface area contributed by atoms with Gasteiger partial charge in [0.1, 0.15) is 0 Å². The van der Waals surface area contributed by atoms with E-state index in [9.17, 15) is 5.11 Å². The Balaban J connectivity index is 1.62. The fourth-order valence-corrected chi connectivity index (χ4v) is 3.03. The highest BCUT2D eigenvalue weighted by Gasteiger charge is 2.22. The van der Waals surface area contributed by atoms with Gasteiger partial charge in [-0.15, -0.1) is 0 Å². The maximum absolute atomic E-state index is 9.70. The summed E-state index contributed by atoms with van der Waals surface area (Å²) in [6.45, 7) is 7.11. The SMILES string of the molecule is CCNC(=NCc1ccc(N2CC=CC2)cc1)N1CC[C@@H](O)C1. The molecule has 2 aliphatic rings. The number of β-amino-alcohol motifs (C(OH)–C–C–N with tert-alkyl or cyclic N) is 1. The van der Waals surface area contributed by atoms with E-state index in [-0.39, 0.29) is 6.10 Å². The van der Waals surface area contributed by atoms with Crippen molar-refractivity contribution in [1.29, 1.82) is 0 Å². The molecule has 124 valence electrons.